The standard InChI is InChI=1S/C6H15P.3CO.Mn/c1-4-7(5-2)6-3;3*1-2;/h4-6H2,1-3H3;;;;. The maximum Gasteiger partial charge on any atom is 0.281 e. The zero-order valence-corrected chi connectivity index (χ0v) is 10.7. The molecule has 0 aromatic rings. The van der Waals surface area contributed by atoms with Crippen LogP contribution in [-0.2, 0) is 31.5 Å². The summed E-state index contributed by atoms with van der Waals surface area (Å²) in [5, 5.41) is 0. The van der Waals surface area contributed by atoms with Crippen LogP contribution in [0.2, 0.25) is 0 Å². The molecule has 0 amide bonds. The predicted octanol–water partition coefficient (Wildman–Crippen LogP) is 1.33. The molecule has 0 atom stereocenters. The second-order valence-corrected chi connectivity index (χ2v) is 4.86. The largest absolute Gasteiger partial charge is 0.281 e. The van der Waals surface area contributed by atoms with Crippen molar-refractivity contribution in [3.8, 4) is 0 Å². The molecule has 0 aromatic carbocycles. The van der Waals surface area contributed by atoms with E-state index < -0.39 is 0 Å². The third-order valence-corrected chi connectivity index (χ3v) is 4.02. The molecular weight excluding hydrogens is 242 g/mol. The van der Waals surface area contributed by atoms with Crippen molar-refractivity contribution in [2.45, 2.75) is 20.8 Å². The van der Waals surface area contributed by atoms with Gasteiger partial charge in [0.25, 0.3) is 20.4 Å². The van der Waals surface area contributed by atoms with Crippen LogP contribution in [0.15, 0.2) is 0 Å². The van der Waals surface area contributed by atoms with Crippen molar-refractivity contribution < 1.29 is 31.5 Å². The molecule has 0 spiro atoms. The van der Waals surface area contributed by atoms with Gasteiger partial charge < -0.3 is 0 Å². The molecule has 0 fully saturated rings. The Morgan fingerprint density at radius 3 is 0.857 bits per heavy atom. The van der Waals surface area contributed by atoms with E-state index in [1.54, 1.807) is 0 Å². The molecule has 0 N–H and O–H groups in total. The van der Waals surface area contributed by atoms with E-state index in [1.165, 1.54) is 18.5 Å². The van der Waals surface area contributed by atoms with Crippen LogP contribution >= 0.6 is 7.92 Å². The van der Waals surface area contributed by atoms with Gasteiger partial charge in [-0.05, 0) is 18.5 Å². The average Bonchev–Trinajstić information content (AvgIpc) is 2.29. The Kier molecular flexibility index (Phi) is 109. The Morgan fingerprint density at radius 1 is 0.714 bits per heavy atom. The van der Waals surface area contributed by atoms with Crippen molar-refractivity contribution in [1.29, 1.82) is 0 Å². The fourth-order valence-electron chi connectivity index (χ4n) is 0.671. The minimum atomic E-state index is 0. The van der Waals surface area contributed by atoms with Crippen LogP contribution in [0.3, 0.4) is 0 Å². The summed E-state index contributed by atoms with van der Waals surface area (Å²) in [4.78, 5) is 22.5. The summed E-state index contributed by atoms with van der Waals surface area (Å²) in [5.74, 6) is 0. The molecule has 0 saturated heterocycles. The van der Waals surface area contributed by atoms with Crippen molar-refractivity contribution in [3.05, 3.63) is 0 Å². The summed E-state index contributed by atoms with van der Waals surface area (Å²) in [6.45, 7) is 20.4. The number of hydrogen-bond acceptors (Lipinski definition) is 3. The van der Waals surface area contributed by atoms with E-state index in [9.17, 15) is 0 Å². The zero-order chi connectivity index (χ0) is 11.7. The average molecular weight is 257 g/mol. The molecule has 3 nitrogen and oxygen atoms in total. The van der Waals surface area contributed by atoms with Gasteiger partial charge in [0.1, 0.15) is 0 Å². The summed E-state index contributed by atoms with van der Waals surface area (Å²) < 4.78 is 0. The smallest absolute Gasteiger partial charge is 0.281 e. The maximum atomic E-state index is 7.50. The molecule has 0 saturated carbocycles. The van der Waals surface area contributed by atoms with Crippen LogP contribution in [0.5, 0.6) is 0 Å². The second-order valence-electron chi connectivity index (χ2n) is 1.62. The van der Waals surface area contributed by atoms with Crippen LogP contribution in [0.4, 0.5) is 0 Å². The van der Waals surface area contributed by atoms with Gasteiger partial charge in [0.2, 0.25) is 0 Å². The Hall–Kier alpha value is -0.0405. The first-order valence-corrected chi connectivity index (χ1v) is 5.58. The SMILES string of the molecule is CCP(CC)CC.[C]=O.[C]=O.[C]=O.[Mn]. The minimum Gasteiger partial charge on any atom is -0.281 e. The predicted molar refractivity (Wildman–Crippen MR) is 55.6 cm³/mol. The van der Waals surface area contributed by atoms with E-state index in [2.05, 4.69) is 41.1 Å². The third kappa shape index (κ3) is 40.4. The molecule has 0 bridgehead atoms. The van der Waals surface area contributed by atoms with Crippen LogP contribution in [-0.4, -0.2) is 38.9 Å². The van der Waals surface area contributed by atoms with Gasteiger partial charge in [-0.3, -0.25) is 14.4 Å². The second kappa shape index (κ2) is 52.2. The van der Waals surface area contributed by atoms with Gasteiger partial charge in [0.05, 0.1) is 0 Å². The normalized spacial score (nSPS) is 6.00. The van der Waals surface area contributed by atoms with Crippen molar-refractivity contribution in [2.75, 3.05) is 18.5 Å². The van der Waals surface area contributed by atoms with Gasteiger partial charge in [-0.2, -0.15) is 0 Å². The third-order valence-electron chi connectivity index (χ3n) is 1.34. The van der Waals surface area contributed by atoms with Crippen molar-refractivity contribution >= 4 is 28.3 Å². The molecule has 0 aliphatic rings. The molecule has 5 heteroatoms. The van der Waals surface area contributed by atoms with Gasteiger partial charge in [-0.1, -0.05) is 20.8 Å². The Bertz CT molecular complexity index is 62.8. The van der Waals surface area contributed by atoms with E-state index >= 15 is 0 Å². The molecule has 14 heavy (non-hydrogen) atoms. The topological polar surface area (TPSA) is 51.2 Å². The van der Waals surface area contributed by atoms with E-state index in [0.29, 0.717) is 7.92 Å². The van der Waals surface area contributed by atoms with Gasteiger partial charge >= 0.3 is 0 Å². The van der Waals surface area contributed by atoms with Crippen molar-refractivity contribution in [2.24, 2.45) is 0 Å². The summed E-state index contributed by atoms with van der Waals surface area (Å²) in [6.07, 6.45) is 4.26. The maximum absolute atomic E-state index is 7.50. The minimum absolute atomic E-state index is 0. The first-order chi connectivity index (χ1) is 6.35. The number of hydrogen-bond donors (Lipinski definition) is 0. The Morgan fingerprint density at radius 2 is 0.857 bits per heavy atom. The summed E-state index contributed by atoms with van der Waals surface area (Å²) in [6, 6.07) is 0. The van der Waals surface area contributed by atoms with Crippen molar-refractivity contribution in [1.82, 2.24) is 0 Å². The van der Waals surface area contributed by atoms with E-state index in [-0.39, 0.29) is 17.1 Å². The van der Waals surface area contributed by atoms with Gasteiger partial charge in [0, 0.05) is 17.1 Å². The molecular formula is C9H15MnO3P. The van der Waals surface area contributed by atoms with Gasteiger partial charge in [-0.15, -0.1) is 7.92 Å². The fourth-order valence-corrected chi connectivity index (χ4v) is 2.01. The molecule has 0 heterocycles. The Labute approximate surface area is 99.3 Å². The molecule has 0 aliphatic carbocycles. The van der Waals surface area contributed by atoms with Gasteiger partial charge in [0.15, 0.2) is 0 Å². The number of carbonyl (C=O) groups excluding carboxylic acids is 3. The molecule has 0 unspecified atom stereocenters. The first-order valence-electron chi connectivity index (χ1n) is 3.68. The number of rotatable bonds is 3. The van der Waals surface area contributed by atoms with Crippen LogP contribution in [0, 0.1) is 0 Å². The van der Waals surface area contributed by atoms with E-state index in [1.807, 2.05) is 0 Å². The first kappa shape index (κ1) is 29.2. The fraction of sp³-hybridized carbons (Fsp3) is 0.667. The molecule has 81 valence electrons. The quantitative estimate of drug-likeness (QED) is 0.566. The van der Waals surface area contributed by atoms with Gasteiger partial charge in [-0.25, -0.2) is 0 Å². The summed E-state index contributed by atoms with van der Waals surface area (Å²) in [7, 11) is 0.446. The summed E-state index contributed by atoms with van der Waals surface area (Å²) >= 11 is 0. The molecule has 0 aromatic heterocycles. The Balaban J connectivity index is -0.0000000332. The van der Waals surface area contributed by atoms with Crippen LogP contribution < -0.4 is 0 Å². The van der Waals surface area contributed by atoms with E-state index in [0.717, 1.165) is 0 Å². The van der Waals surface area contributed by atoms with E-state index in [4.69, 9.17) is 14.4 Å². The molecule has 7 radical (unpaired) electrons. The monoisotopic (exact) mass is 257 g/mol. The van der Waals surface area contributed by atoms with Crippen molar-refractivity contribution in [3.63, 3.8) is 0 Å². The van der Waals surface area contributed by atoms with Crippen LogP contribution in [0.25, 0.3) is 0 Å². The molecule has 0 aliphatic heterocycles. The zero-order valence-electron chi connectivity index (χ0n) is 8.67. The molecule has 0 rings (SSSR count). The summed E-state index contributed by atoms with van der Waals surface area (Å²) in [5.41, 5.74) is 0. The van der Waals surface area contributed by atoms with Crippen LogP contribution in [0.1, 0.15) is 20.8 Å².